The quantitative estimate of drug-likeness (QED) is 0.540. The van der Waals surface area contributed by atoms with E-state index in [1.807, 2.05) is 19.1 Å². The van der Waals surface area contributed by atoms with Gasteiger partial charge in [-0.2, -0.15) is 0 Å². The molecule has 0 fully saturated rings. The summed E-state index contributed by atoms with van der Waals surface area (Å²) in [4.78, 5) is 12.7. The lowest BCUT2D eigenvalue weighted by Crippen LogP contribution is -2.38. The predicted molar refractivity (Wildman–Crippen MR) is 123 cm³/mol. The van der Waals surface area contributed by atoms with Crippen LogP contribution >= 0.6 is 0 Å². The maximum Gasteiger partial charge on any atom is 0.268 e. The summed E-state index contributed by atoms with van der Waals surface area (Å²) < 4.78 is 46.8. The molecule has 0 aromatic heterocycles. The first-order valence-corrected chi connectivity index (χ1v) is 11.5. The molecule has 0 spiro atoms. The number of carbonyl (C=O) groups is 1. The Kier molecular flexibility index (Phi) is 7.15. The highest BCUT2D eigenvalue weighted by molar-refractivity contribution is 7.93. The molecule has 0 radical (unpaired) electrons. The Morgan fingerprint density at radius 1 is 1.03 bits per heavy atom. The number of sulfonamides is 1. The van der Waals surface area contributed by atoms with Crippen molar-refractivity contribution in [3.63, 3.8) is 0 Å². The van der Waals surface area contributed by atoms with Gasteiger partial charge in [0.1, 0.15) is 23.0 Å². The molecule has 0 saturated heterocycles. The molecular weight excluding hydrogens is 431 g/mol. The summed E-state index contributed by atoms with van der Waals surface area (Å²) in [5, 5.41) is 2.61. The Balaban J connectivity index is 2.01. The summed E-state index contributed by atoms with van der Waals surface area (Å²) in [5.41, 5.74) is 2.49. The van der Waals surface area contributed by atoms with Crippen molar-refractivity contribution >= 4 is 27.3 Å². The standard InChI is InChI=1S/C24H25FN2O4S/c1-4-18-6-12-21(13-7-18)27(16-24(28)26-20-10-8-19(25)9-11-20)32(29,30)23-15-17(2)5-14-22(23)31-3/h5-15H,4,16H2,1-3H3,(H,26,28). The van der Waals surface area contributed by atoms with Crippen molar-refractivity contribution < 1.29 is 22.3 Å². The molecule has 0 aliphatic carbocycles. The SMILES string of the molecule is CCc1ccc(N(CC(=O)Nc2ccc(F)cc2)S(=O)(=O)c2cc(C)ccc2OC)cc1. The Hall–Kier alpha value is -3.39. The van der Waals surface area contributed by atoms with E-state index in [4.69, 9.17) is 4.74 Å². The van der Waals surface area contributed by atoms with Gasteiger partial charge in [-0.3, -0.25) is 9.10 Å². The molecule has 32 heavy (non-hydrogen) atoms. The van der Waals surface area contributed by atoms with Gasteiger partial charge in [0, 0.05) is 5.69 Å². The number of hydrogen-bond acceptors (Lipinski definition) is 4. The zero-order valence-corrected chi connectivity index (χ0v) is 18.9. The topological polar surface area (TPSA) is 75.7 Å². The minimum atomic E-state index is -4.15. The summed E-state index contributed by atoms with van der Waals surface area (Å²) in [7, 11) is -2.75. The van der Waals surface area contributed by atoms with Crippen molar-refractivity contribution in [2.45, 2.75) is 25.2 Å². The zero-order valence-electron chi connectivity index (χ0n) is 18.1. The third-order valence-corrected chi connectivity index (χ3v) is 6.73. The number of amides is 1. The van der Waals surface area contributed by atoms with E-state index in [0.29, 0.717) is 11.4 Å². The summed E-state index contributed by atoms with van der Waals surface area (Å²) in [5.74, 6) is -0.814. The summed E-state index contributed by atoms with van der Waals surface area (Å²) >= 11 is 0. The molecule has 0 aliphatic heterocycles. The third kappa shape index (κ3) is 5.26. The van der Waals surface area contributed by atoms with Crippen LogP contribution in [-0.2, 0) is 21.2 Å². The molecular formula is C24H25FN2O4S. The lowest BCUT2D eigenvalue weighted by Gasteiger charge is -2.25. The van der Waals surface area contributed by atoms with Crippen molar-refractivity contribution in [3.05, 3.63) is 83.7 Å². The van der Waals surface area contributed by atoms with Crippen molar-refractivity contribution in [1.82, 2.24) is 0 Å². The second-order valence-corrected chi connectivity index (χ2v) is 9.07. The van der Waals surface area contributed by atoms with Crippen molar-refractivity contribution in [2.24, 2.45) is 0 Å². The summed E-state index contributed by atoms with van der Waals surface area (Å²) in [6.07, 6.45) is 0.795. The number of benzene rings is 3. The van der Waals surface area contributed by atoms with Crippen LogP contribution < -0.4 is 14.4 Å². The van der Waals surface area contributed by atoms with Gasteiger partial charge in [0.25, 0.3) is 10.0 Å². The molecule has 6 nitrogen and oxygen atoms in total. The molecule has 0 unspecified atom stereocenters. The van der Waals surface area contributed by atoms with Gasteiger partial charge in [0.15, 0.2) is 0 Å². The summed E-state index contributed by atoms with van der Waals surface area (Å²) in [6.45, 7) is 3.31. The Morgan fingerprint density at radius 3 is 2.28 bits per heavy atom. The lowest BCUT2D eigenvalue weighted by molar-refractivity contribution is -0.114. The van der Waals surface area contributed by atoms with Crippen LogP contribution in [0.5, 0.6) is 5.75 Å². The molecule has 0 aliphatic rings. The lowest BCUT2D eigenvalue weighted by atomic mass is 10.1. The normalized spacial score (nSPS) is 11.1. The first kappa shape index (κ1) is 23.3. The van der Waals surface area contributed by atoms with Gasteiger partial charge in [-0.05, 0) is 73.0 Å². The minimum absolute atomic E-state index is 0.0332. The molecule has 0 heterocycles. The Bertz CT molecular complexity index is 1190. The Labute approximate surface area is 187 Å². The second-order valence-electron chi connectivity index (χ2n) is 7.24. The first-order chi connectivity index (χ1) is 15.2. The highest BCUT2D eigenvalue weighted by Gasteiger charge is 2.30. The van der Waals surface area contributed by atoms with E-state index in [0.717, 1.165) is 21.9 Å². The average molecular weight is 457 g/mol. The number of anilines is 2. The van der Waals surface area contributed by atoms with Crippen LogP contribution in [0.1, 0.15) is 18.1 Å². The van der Waals surface area contributed by atoms with Crippen LogP contribution in [0.3, 0.4) is 0 Å². The number of hydrogen-bond donors (Lipinski definition) is 1. The van der Waals surface area contributed by atoms with E-state index in [2.05, 4.69) is 5.32 Å². The van der Waals surface area contributed by atoms with Crippen LogP contribution in [0, 0.1) is 12.7 Å². The molecule has 3 rings (SSSR count). The molecule has 168 valence electrons. The molecule has 8 heteroatoms. The number of methoxy groups -OCH3 is 1. The van der Waals surface area contributed by atoms with Gasteiger partial charge in [-0.1, -0.05) is 25.1 Å². The number of aryl methyl sites for hydroxylation is 2. The fraction of sp³-hybridized carbons (Fsp3) is 0.208. The average Bonchev–Trinajstić information content (AvgIpc) is 2.79. The molecule has 1 amide bonds. The number of halogens is 1. The Morgan fingerprint density at radius 2 is 1.69 bits per heavy atom. The van der Waals surface area contributed by atoms with Crippen molar-refractivity contribution in [2.75, 3.05) is 23.3 Å². The van der Waals surface area contributed by atoms with E-state index in [-0.39, 0.29) is 10.6 Å². The van der Waals surface area contributed by atoms with Gasteiger partial charge in [-0.15, -0.1) is 0 Å². The van der Waals surface area contributed by atoms with Crippen LogP contribution in [0.4, 0.5) is 15.8 Å². The molecule has 0 atom stereocenters. The second kappa shape index (κ2) is 9.82. The highest BCUT2D eigenvalue weighted by atomic mass is 32.2. The van der Waals surface area contributed by atoms with Crippen molar-refractivity contribution in [3.8, 4) is 5.75 Å². The first-order valence-electron chi connectivity index (χ1n) is 10.1. The maximum atomic E-state index is 13.7. The van der Waals surface area contributed by atoms with Gasteiger partial charge in [0.2, 0.25) is 5.91 Å². The third-order valence-electron chi connectivity index (χ3n) is 4.93. The van der Waals surface area contributed by atoms with E-state index < -0.39 is 28.3 Å². The van der Waals surface area contributed by atoms with Gasteiger partial charge in [0.05, 0.1) is 12.8 Å². The molecule has 3 aromatic rings. The number of nitrogens with zero attached hydrogens (tertiary/aromatic N) is 1. The van der Waals surface area contributed by atoms with Gasteiger partial charge < -0.3 is 10.1 Å². The fourth-order valence-corrected chi connectivity index (χ4v) is 4.85. The van der Waals surface area contributed by atoms with Crippen LogP contribution in [0.2, 0.25) is 0 Å². The molecule has 1 N–H and O–H groups in total. The number of nitrogens with one attached hydrogen (secondary N) is 1. The van der Waals surface area contributed by atoms with Gasteiger partial charge in [-0.25, -0.2) is 12.8 Å². The predicted octanol–water partition coefficient (Wildman–Crippen LogP) is 4.54. The highest BCUT2D eigenvalue weighted by Crippen LogP contribution is 2.31. The number of carbonyl (C=O) groups excluding carboxylic acids is 1. The zero-order chi connectivity index (χ0) is 23.3. The molecule has 0 bridgehead atoms. The van der Waals surface area contributed by atoms with Crippen LogP contribution in [-0.4, -0.2) is 28.0 Å². The smallest absolute Gasteiger partial charge is 0.268 e. The number of ether oxygens (including phenoxy) is 1. The maximum absolute atomic E-state index is 13.7. The monoisotopic (exact) mass is 456 g/mol. The summed E-state index contributed by atoms with van der Waals surface area (Å²) in [6, 6.07) is 17.1. The van der Waals surface area contributed by atoms with E-state index in [1.54, 1.807) is 31.2 Å². The minimum Gasteiger partial charge on any atom is -0.495 e. The van der Waals surface area contributed by atoms with E-state index in [9.17, 15) is 17.6 Å². The number of rotatable bonds is 8. The van der Waals surface area contributed by atoms with Crippen LogP contribution in [0.15, 0.2) is 71.6 Å². The van der Waals surface area contributed by atoms with Crippen molar-refractivity contribution in [1.29, 1.82) is 0 Å². The fourth-order valence-electron chi connectivity index (χ4n) is 3.18. The van der Waals surface area contributed by atoms with Crippen LogP contribution in [0.25, 0.3) is 0 Å². The van der Waals surface area contributed by atoms with E-state index in [1.165, 1.54) is 37.4 Å². The van der Waals surface area contributed by atoms with E-state index >= 15 is 0 Å². The molecule has 3 aromatic carbocycles. The largest absolute Gasteiger partial charge is 0.495 e. The van der Waals surface area contributed by atoms with Gasteiger partial charge >= 0.3 is 0 Å². The molecule has 0 saturated carbocycles.